The summed E-state index contributed by atoms with van der Waals surface area (Å²) in [7, 11) is 0. The summed E-state index contributed by atoms with van der Waals surface area (Å²) in [5, 5.41) is 9.20. The Morgan fingerprint density at radius 3 is 2.72 bits per heavy atom. The monoisotopic (exact) mass is 449 g/mol. The van der Waals surface area contributed by atoms with Gasteiger partial charge < -0.3 is 15.5 Å². The second kappa shape index (κ2) is 8.37. The zero-order valence-electron chi connectivity index (χ0n) is 17.8. The van der Waals surface area contributed by atoms with Crippen LogP contribution in [-0.4, -0.2) is 70.3 Å². The Morgan fingerprint density at radius 2 is 2.06 bits per heavy atom. The fourth-order valence-corrected chi connectivity index (χ4v) is 5.38. The van der Waals surface area contributed by atoms with Crippen LogP contribution >= 0.6 is 0 Å². The Hall–Kier alpha value is -2.64. The summed E-state index contributed by atoms with van der Waals surface area (Å²) in [5.74, 6) is -0.532. The summed E-state index contributed by atoms with van der Waals surface area (Å²) < 4.78 is 40.4. The zero-order valence-corrected chi connectivity index (χ0v) is 17.8. The van der Waals surface area contributed by atoms with Gasteiger partial charge in [-0.1, -0.05) is 18.2 Å². The predicted molar refractivity (Wildman–Crippen MR) is 109 cm³/mol. The number of likely N-dealkylation sites (tertiary alicyclic amines) is 3. The van der Waals surface area contributed by atoms with Crippen LogP contribution in [0.25, 0.3) is 0 Å². The summed E-state index contributed by atoms with van der Waals surface area (Å²) in [4.78, 5) is 30.7. The lowest BCUT2D eigenvalue weighted by atomic mass is 9.99. The number of nitrogens with two attached hydrogens (primary N) is 1. The van der Waals surface area contributed by atoms with Crippen molar-refractivity contribution in [1.82, 2.24) is 14.7 Å². The Kier molecular flexibility index (Phi) is 5.90. The number of carbonyl (C=O) groups is 2. The zero-order chi connectivity index (χ0) is 23.2. The van der Waals surface area contributed by atoms with E-state index in [2.05, 4.69) is 6.07 Å². The molecule has 2 amide bonds. The molecule has 3 fully saturated rings. The lowest BCUT2D eigenvalue weighted by Crippen LogP contribution is -2.56. The van der Waals surface area contributed by atoms with E-state index < -0.39 is 35.9 Å². The molecule has 4 rings (SSSR count). The van der Waals surface area contributed by atoms with Crippen molar-refractivity contribution in [1.29, 1.82) is 5.26 Å². The van der Waals surface area contributed by atoms with E-state index in [1.54, 1.807) is 17.9 Å². The van der Waals surface area contributed by atoms with Gasteiger partial charge in [-0.2, -0.15) is 18.4 Å². The van der Waals surface area contributed by atoms with E-state index in [9.17, 15) is 28.0 Å². The second-order valence-electron chi connectivity index (χ2n) is 8.79. The molecule has 172 valence electrons. The second-order valence-corrected chi connectivity index (χ2v) is 8.79. The van der Waals surface area contributed by atoms with Gasteiger partial charge in [0.05, 0.1) is 29.8 Å². The minimum absolute atomic E-state index is 0.0795. The number of halogens is 3. The number of rotatable bonds is 5. The van der Waals surface area contributed by atoms with Crippen molar-refractivity contribution in [3.05, 3.63) is 35.4 Å². The van der Waals surface area contributed by atoms with E-state index in [0.717, 1.165) is 12.5 Å². The molecule has 32 heavy (non-hydrogen) atoms. The van der Waals surface area contributed by atoms with E-state index >= 15 is 0 Å². The maximum absolute atomic E-state index is 13.5. The third kappa shape index (κ3) is 3.84. The smallest absolute Gasteiger partial charge is 0.330 e. The molecule has 0 saturated carbocycles. The largest absolute Gasteiger partial charge is 0.416 e. The van der Waals surface area contributed by atoms with E-state index in [1.807, 2.05) is 4.90 Å². The molecule has 5 atom stereocenters. The molecule has 0 aromatic heterocycles. The number of hydrogen-bond acceptors (Lipinski definition) is 5. The molecule has 0 aliphatic carbocycles. The van der Waals surface area contributed by atoms with Crippen molar-refractivity contribution >= 4 is 11.8 Å². The molecule has 10 heteroatoms. The number of hydrogen-bond donors (Lipinski definition) is 1. The number of fused-ring (bicyclic) bond motifs is 2. The van der Waals surface area contributed by atoms with E-state index in [4.69, 9.17) is 5.73 Å². The first-order valence-electron chi connectivity index (χ1n) is 10.8. The Balaban J connectivity index is 1.44. The first-order chi connectivity index (χ1) is 15.1. The van der Waals surface area contributed by atoms with Crippen LogP contribution in [0, 0.1) is 11.3 Å². The first-order valence-corrected chi connectivity index (χ1v) is 10.8. The van der Waals surface area contributed by atoms with Crippen LogP contribution in [0.3, 0.4) is 0 Å². The maximum Gasteiger partial charge on any atom is 0.416 e. The SMILES string of the molecule is CC(c1ccccc1C(F)(F)F)N1C(=O)[C@@H]2C[C@@H]1CN2CC(N)C(=O)N1CCCC1C#N. The molecule has 2 N–H and O–H groups in total. The molecular weight excluding hydrogens is 423 g/mol. The number of piperazine rings is 1. The van der Waals surface area contributed by atoms with Gasteiger partial charge in [-0.3, -0.25) is 14.5 Å². The Morgan fingerprint density at radius 1 is 1.34 bits per heavy atom. The summed E-state index contributed by atoms with van der Waals surface area (Å²) in [6.45, 7) is 2.76. The standard InChI is InChI=1S/C22H26F3N5O2/c1-13(16-6-2-3-7-17(16)22(23,24)25)30-15-9-19(21(30)32)28(11-15)12-18(27)20(31)29-8-4-5-14(29)10-26/h2-3,6-7,13-15,18-19H,4-5,8-9,11-12,27H2,1H3/t13?,14?,15-,18?,19+/m1/s1. The highest BCUT2D eigenvalue weighted by Crippen LogP contribution is 2.41. The highest BCUT2D eigenvalue weighted by atomic mass is 19.4. The number of nitriles is 1. The summed E-state index contributed by atoms with van der Waals surface area (Å²) in [6, 6.07) is 4.70. The van der Waals surface area contributed by atoms with Crippen LogP contribution in [0.4, 0.5) is 13.2 Å². The summed E-state index contributed by atoms with van der Waals surface area (Å²) in [6.07, 6.45) is -2.60. The van der Waals surface area contributed by atoms with Gasteiger partial charge in [-0.25, -0.2) is 0 Å². The van der Waals surface area contributed by atoms with Crippen LogP contribution in [0.1, 0.15) is 43.4 Å². The van der Waals surface area contributed by atoms with Gasteiger partial charge in [0.2, 0.25) is 11.8 Å². The number of carbonyl (C=O) groups excluding carboxylic acids is 2. The topological polar surface area (TPSA) is 93.7 Å². The molecule has 7 nitrogen and oxygen atoms in total. The quantitative estimate of drug-likeness (QED) is 0.741. The van der Waals surface area contributed by atoms with Crippen molar-refractivity contribution < 1.29 is 22.8 Å². The van der Waals surface area contributed by atoms with E-state index in [0.29, 0.717) is 25.9 Å². The van der Waals surface area contributed by atoms with Crippen LogP contribution in [0.15, 0.2) is 24.3 Å². The molecule has 2 bridgehead atoms. The molecule has 3 aliphatic rings. The fourth-order valence-electron chi connectivity index (χ4n) is 5.38. The average Bonchev–Trinajstić information content (AvgIpc) is 3.46. The molecule has 0 radical (unpaired) electrons. The van der Waals surface area contributed by atoms with Crippen molar-refractivity contribution in [2.75, 3.05) is 19.6 Å². The normalized spacial score (nSPS) is 27.6. The lowest BCUT2D eigenvalue weighted by molar-refractivity contribution is -0.143. The van der Waals surface area contributed by atoms with Gasteiger partial charge >= 0.3 is 6.18 Å². The van der Waals surface area contributed by atoms with Crippen molar-refractivity contribution in [2.24, 2.45) is 5.73 Å². The molecule has 3 heterocycles. The molecule has 1 aromatic rings. The number of amides is 2. The minimum Gasteiger partial charge on any atom is -0.330 e. The maximum atomic E-state index is 13.5. The van der Waals surface area contributed by atoms with Gasteiger partial charge in [0, 0.05) is 25.7 Å². The minimum atomic E-state index is -4.50. The Labute approximate surface area is 184 Å². The average molecular weight is 449 g/mol. The van der Waals surface area contributed by atoms with Crippen LogP contribution in [-0.2, 0) is 15.8 Å². The molecule has 3 saturated heterocycles. The van der Waals surface area contributed by atoms with Gasteiger partial charge in [0.25, 0.3) is 0 Å². The van der Waals surface area contributed by atoms with E-state index in [-0.39, 0.29) is 30.0 Å². The third-order valence-electron chi connectivity index (χ3n) is 6.88. The highest BCUT2D eigenvalue weighted by molar-refractivity contribution is 5.87. The van der Waals surface area contributed by atoms with Gasteiger partial charge in [0.1, 0.15) is 6.04 Å². The van der Waals surface area contributed by atoms with Crippen LogP contribution in [0.2, 0.25) is 0 Å². The molecule has 3 aliphatic heterocycles. The van der Waals surface area contributed by atoms with E-state index in [1.165, 1.54) is 17.0 Å². The van der Waals surface area contributed by atoms with Crippen LogP contribution in [0.5, 0.6) is 0 Å². The summed E-state index contributed by atoms with van der Waals surface area (Å²) in [5.41, 5.74) is 5.48. The van der Waals surface area contributed by atoms with Crippen molar-refractivity contribution in [3.63, 3.8) is 0 Å². The highest BCUT2D eigenvalue weighted by Gasteiger charge is 2.52. The number of nitrogens with zero attached hydrogens (tertiary/aromatic N) is 4. The molecule has 1 aromatic carbocycles. The molecular formula is C22H26F3N5O2. The van der Waals surface area contributed by atoms with Gasteiger partial charge in [-0.15, -0.1) is 0 Å². The molecule has 0 spiro atoms. The van der Waals surface area contributed by atoms with Crippen molar-refractivity contribution in [2.45, 2.75) is 62.6 Å². The van der Waals surface area contributed by atoms with Crippen molar-refractivity contribution in [3.8, 4) is 6.07 Å². The molecule has 3 unspecified atom stereocenters. The Bertz CT molecular complexity index is 946. The predicted octanol–water partition coefficient (Wildman–Crippen LogP) is 1.89. The lowest BCUT2D eigenvalue weighted by Gasteiger charge is -2.39. The number of benzene rings is 1. The fraction of sp³-hybridized carbons (Fsp3) is 0.591. The first kappa shape index (κ1) is 22.6. The van der Waals surface area contributed by atoms with Gasteiger partial charge in [0.15, 0.2) is 0 Å². The van der Waals surface area contributed by atoms with Gasteiger partial charge in [-0.05, 0) is 37.8 Å². The third-order valence-corrected chi connectivity index (χ3v) is 6.88. The summed E-state index contributed by atoms with van der Waals surface area (Å²) >= 11 is 0. The van der Waals surface area contributed by atoms with Crippen LogP contribution < -0.4 is 5.73 Å². The number of alkyl halides is 3.